The van der Waals surface area contributed by atoms with E-state index >= 15 is 0 Å². The van der Waals surface area contributed by atoms with Gasteiger partial charge in [0.15, 0.2) is 0 Å². The molecule has 0 atom stereocenters. The van der Waals surface area contributed by atoms with Gasteiger partial charge in [-0.05, 0) is 6.92 Å². The largest absolute Gasteiger partial charge is 0.481 e. The maximum absolute atomic E-state index is 4.87. The summed E-state index contributed by atoms with van der Waals surface area (Å²) in [5.74, 6) is 0.614. The van der Waals surface area contributed by atoms with Gasteiger partial charge in [0, 0.05) is 13.1 Å². The molecule has 0 saturated carbocycles. The fraction of sp³-hybridized carbons (Fsp3) is 0.375. The summed E-state index contributed by atoms with van der Waals surface area (Å²) in [5, 5.41) is 0. The van der Waals surface area contributed by atoms with Crippen LogP contribution in [0.5, 0.6) is 0 Å². The number of aliphatic imine (C=N–C) groups is 1. The lowest BCUT2D eigenvalue weighted by molar-refractivity contribution is 0.406. The first-order chi connectivity index (χ1) is 4.70. The van der Waals surface area contributed by atoms with Gasteiger partial charge in [0.2, 0.25) is 5.90 Å². The fourth-order valence-corrected chi connectivity index (χ4v) is 0.447. The van der Waals surface area contributed by atoms with Crippen molar-refractivity contribution in [2.75, 3.05) is 14.2 Å². The average molecular weight is 139 g/mol. The summed E-state index contributed by atoms with van der Waals surface area (Å²) in [6.07, 6.45) is 3.63. The van der Waals surface area contributed by atoms with E-state index in [1.165, 1.54) is 0 Å². The van der Waals surface area contributed by atoms with Gasteiger partial charge in [-0.2, -0.15) is 0 Å². The molecule has 0 aliphatic rings. The summed E-state index contributed by atoms with van der Waals surface area (Å²) in [5.41, 5.74) is 0.984. The Bertz CT molecular complexity index is 168. The first-order valence-electron chi connectivity index (χ1n) is 3.05. The molecular weight excluding hydrogens is 126 g/mol. The second-order valence-electron chi connectivity index (χ2n) is 1.95. The SMILES string of the molecule is C=C(C)/C=C\C(=NC)OC. The van der Waals surface area contributed by atoms with Crippen molar-refractivity contribution < 1.29 is 4.74 Å². The molecular formula is C8H13NO. The molecule has 0 aliphatic heterocycles. The molecule has 2 nitrogen and oxygen atoms in total. The molecule has 0 aliphatic carbocycles. The minimum atomic E-state index is 0.614. The van der Waals surface area contributed by atoms with E-state index < -0.39 is 0 Å². The Kier molecular flexibility index (Phi) is 4.29. The highest BCUT2D eigenvalue weighted by atomic mass is 16.5. The molecule has 0 aromatic heterocycles. The molecule has 0 unspecified atom stereocenters. The number of allylic oxidation sites excluding steroid dienone is 2. The van der Waals surface area contributed by atoms with Gasteiger partial charge in [-0.1, -0.05) is 18.2 Å². The highest BCUT2D eigenvalue weighted by molar-refractivity contribution is 5.87. The topological polar surface area (TPSA) is 21.6 Å². The Hall–Kier alpha value is -1.05. The lowest BCUT2D eigenvalue weighted by Crippen LogP contribution is -1.94. The third-order valence-corrected chi connectivity index (χ3v) is 0.940. The number of rotatable bonds is 2. The van der Waals surface area contributed by atoms with Crippen LogP contribution < -0.4 is 0 Å². The Morgan fingerprint density at radius 2 is 2.10 bits per heavy atom. The minimum absolute atomic E-state index is 0.614. The maximum Gasteiger partial charge on any atom is 0.207 e. The molecule has 0 N–H and O–H groups in total. The van der Waals surface area contributed by atoms with Gasteiger partial charge < -0.3 is 4.74 Å². The van der Waals surface area contributed by atoms with Gasteiger partial charge in [-0.15, -0.1) is 0 Å². The monoisotopic (exact) mass is 139 g/mol. The van der Waals surface area contributed by atoms with Crippen LogP contribution in [0.3, 0.4) is 0 Å². The highest BCUT2D eigenvalue weighted by Crippen LogP contribution is 1.90. The molecule has 0 spiro atoms. The quantitative estimate of drug-likeness (QED) is 0.325. The van der Waals surface area contributed by atoms with Crippen LogP contribution in [0.25, 0.3) is 0 Å². The fourth-order valence-electron chi connectivity index (χ4n) is 0.447. The Balaban J connectivity index is 3.98. The van der Waals surface area contributed by atoms with Crippen molar-refractivity contribution in [3.63, 3.8) is 0 Å². The predicted molar refractivity (Wildman–Crippen MR) is 44.3 cm³/mol. The summed E-state index contributed by atoms with van der Waals surface area (Å²) in [6, 6.07) is 0. The molecule has 2 heteroatoms. The first-order valence-corrected chi connectivity index (χ1v) is 3.05. The zero-order chi connectivity index (χ0) is 7.98. The molecule has 0 fully saturated rings. The molecule has 0 bridgehead atoms. The Labute approximate surface area is 61.9 Å². The van der Waals surface area contributed by atoms with Crippen molar-refractivity contribution in [2.45, 2.75) is 6.92 Å². The van der Waals surface area contributed by atoms with Crippen LogP contribution in [0.2, 0.25) is 0 Å². The molecule has 0 heterocycles. The maximum atomic E-state index is 4.87. The second-order valence-corrected chi connectivity index (χ2v) is 1.95. The van der Waals surface area contributed by atoms with Gasteiger partial charge in [0.1, 0.15) is 0 Å². The van der Waals surface area contributed by atoms with Gasteiger partial charge in [-0.25, -0.2) is 0 Å². The van der Waals surface area contributed by atoms with Gasteiger partial charge in [0.05, 0.1) is 7.11 Å². The summed E-state index contributed by atoms with van der Waals surface area (Å²) in [4.78, 5) is 3.84. The van der Waals surface area contributed by atoms with Crippen LogP contribution in [-0.4, -0.2) is 20.1 Å². The lowest BCUT2D eigenvalue weighted by Gasteiger charge is -1.94. The normalized spacial score (nSPS) is 12.1. The highest BCUT2D eigenvalue weighted by Gasteiger charge is 1.85. The third-order valence-electron chi connectivity index (χ3n) is 0.940. The van der Waals surface area contributed by atoms with E-state index in [-0.39, 0.29) is 0 Å². The van der Waals surface area contributed by atoms with Crippen LogP contribution >= 0.6 is 0 Å². The number of hydrogen-bond donors (Lipinski definition) is 0. The zero-order valence-electron chi connectivity index (χ0n) is 6.72. The standard InChI is InChI=1S/C8H13NO/c1-7(2)5-6-8(9-3)10-4/h5-6H,1H2,2-4H3/b6-5-,9-8?. The van der Waals surface area contributed by atoms with Crippen LogP contribution in [0.4, 0.5) is 0 Å². The molecule has 0 amide bonds. The molecule has 0 rings (SSSR count). The number of nitrogens with zero attached hydrogens (tertiary/aromatic N) is 1. The molecule has 0 radical (unpaired) electrons. The number of ether oxygens (including phenoxy) is 1. The zero-order valence-corrected chi connectivity index (χ0v) is 6.72. The van der Waals surface area contributed by atoms with Crippen molar-refractivity contribution in [1.82, 2.24) is 0 Å². The van der Waals surface area contributed by atoms with Crippen molar-refractivity contribution in [1.29, 1.82) is 0 Å². The van der Waals surface area contributed by atoms with Crippen molar-refractivity contribution in [3.8, 4) is 0 Å². The van der Waals surface area contributed by atoms with E-state index in [0.717, 1.165) is 5.57 Å². The smallest absolute Gasteiger partial charge is 0.207 e. The third kappa shape index (κ3) is 3.89. The van der Waals surface area contributed by atoms with E-state index in [2.05, 4.69) is 11.6 Å². The van der Waals surface area contributed by atoms with Crippen molar-refractivity contribution in [2.24, 2.45) is 4.99 Å². The van der Waals surface area contributed by atoms with Crippen LogP contribution in [0.1, 0.15) is 6.92 Å². The van der Waals surface area contributed by atoms with Crippen LogP contribution in [0, 0.1) is 0 Å². The molecule has 0 saturated heterocycles. The lowest BCUT2D eigenvalue weighted by atomic mass is 10.3. The molecule has 10 heavy (non-hydrogen) atoms. The van der Waals surface area contributed by atoms with E-state index in [4.69, 9.17) is 4.74 Å². The summed E-state index contributed by atoms with van der Waals surface area (Å²) >= 11 is 0. The molecule has 56 valence electrons. The summed E-state index contributed by atoms with van der Waals surface area (Å²) in [6.45, 7) is 5.61. The predicted octanol–water partition coefficient (Wildman–Crippen LogP) is 1.79. The minimum Gasteiger partial charge on any atom is -0.481 e. The summed E-state index contributed by atoms with van der Waals surface area (Å²) in [7, 11) is 3.27. The first kappa shape index (κ1) is 8.95. The molecule has 0 aromatic carbocycles. The van der Waals surface area contributed by atoms with Gasteiger partial charge in [0.25, 0.3) is 0 Å². The van der Waals surface area contributed by atoms with Crippen molar-refractivity contribution >= 4 is 5.90 Å². The molecule has 0 aromatic rings. The van der Waals surface area contributed by atoms with Gasteiger partial charge >= 0.3 is 0 Å². The van der Waals surface area contributed by atoms with Crippen molar-refractivity contribution in [3.05, 3.63) is 24.3 Å². The van der Waals surface area contributed by atoms with E-state index in [1.807, 2.05) is 13.0 Å². The summed E-state index contributed by atoms with van der Waals surface area (Å²) < 4.78 is 4.87. The van der Waals surface area contributed by atoms with E-state index in [0.29, 0.717) is 5.90 Å². The van der Waals surface area contributed by atoms with Gasteiger partial charge in [-0.3, -0.25) is 4.99 Å². The number of hydrogen-bond acceptors (Lipinski definition) is 2. The average Bonchev–Trinajstić information content (AvgIpc) is 1.90. The number of methoxy groups -OCH3 is 1. The van der Waals surface area contributed by atoms with Crippen LogP contribution in [-0.2, 0) is 4.74 Å². The van der Waals surface area contributed by atoms with Crippen LogP contribution in [0.15, 0.2) is 29.3 Å². The van der Waals surface area contributed by atoms with E-state index in [1.54, 1.807) is 20.2 Å². The Morgan fingerprint density at radius 3 is 2.40 bits per heavy atom. The Morgan fingerprint density at radius 1 is 1.50 bits per heavy atom. The van der Waals surface area contributed by atoms with E-state index in [9.17, 15) is 0 Å². The second kappa shape index (κ2) is 4.79.